The van der Waals surface area contributed by atoms with Gasteiger partial charge in [-0.3, -0.25) is 0 Å². The molecule has 18 heavy (non-hydrogen) atoms. The van der Waals surface area contributed by atoms with E-state index in [0.29, 0.717) is 0 Å². The number of benzene rings is 1. The Morgan fingerprint density at radius 1 is 1.33 bits per heavy atom. The molecular formula is C14H18N2OS. The van der Waals surface area contributed by atoms with E-state index in [4.69, 9.17) is 4.74 Å². The molecule has 0 bridgehead atoms. The second-order valence-corrected chi connectivity index (χ2v) is 5.30. The predicted octanol–water partition coefficient (Wildman–Crippen LogP) is 3.31. The van der Waals surface area contributed by atoms with Crippen LogP contribution in [0.5, 0.6) is 5.75 Å². The van der Waals surface area contributed by atoms with Crippen molar-refractivity contribution in [3.63, 3.8) is 0 Å². The Balaban J connectivity index is 1.90. The lowest BCUT2D eigenvalue weighted by molar-refractivity contribution is 0.414. The van der Waals surface area contributed by atoms with Gasteiger partial charge in [0.1, 0.15) is 5.75 Å². The summed E-state index contributed by atoms with van der Waals surface area (Å²) in [6.07, 6.45) is 0. The van der Waals surface area contributed by atoms with Gasteiger partial charge in [-0.15, -0.1) is 11.3 Å². The minimum absolute atomic E-state index is 0.275. The van der Waals surface area contributed by atoms with Crippen molar-refractivity contribution in [1.82, 2.24) is 10.3 Å². The van der Waals surface area contributed by atoms with E-state index in [1.54, 1.807) is 18.4 Å². The quantitative estimate of drug-likeness (QED) is 0.897. The predicted molar refractivity (Wildman–Crippen MR) is 75.1 cm³/mol. The van der Waals surface area contributed by atoms with E-state index in [-0.39, 0.29) is 6.04 Å². The Morgan fingerprint density at radius 2 is 2.06 bits per heavy atom. The Hall–Kier alpha value is -1.39. The Bertz CT molecular complexity index is 493. The van der Waals surface area contributed by atoms with E-state index in [0.717, 1.165) is 23.0 Å². The molecule has 1 atom stereocenters. The number of nitrogens with one attached hydrogen (secondary N) is 1. The number of aryl methyl sites for hydroxylation is 1. The smallest absolute Gasteiger partial charge is 0.118 e. The van der Waals surface area contributed by atoms with E-state index in [2.05, 4.69) is 34.7 Å². The Labute approximate surface area is 112 Å². The molecule has 0 radical (unpaired) electrons. The lowest BCUT2D eigenvalue weighted by Crippen LogP contribution is -2.18. The highest BCUT2D eigenvalue weighted by Crippen LogP contribution is 2.17. The molecule has 0 fully saturated rings. The van der Waals surface area contributed by atoms with E-state index < -0.39 is 0 Å². The molecule has 0 aliphatic carbocycles. The summed E-state index contributed by atoms with van der Waals surface area (Å²) < 4.78 is 5.14. The zero-order chi connectivity index (χ0) is 13.0. The molecule has 0 unspecified atom stereocenters. The van der Waals surface area contributed by atoms with Gasteiger partial charge in [0.25, 0.3) is 0 Å². The first-order valence-electron chi connectivity index (χ1n) is 5.97. The molecular weight excluding hydrogens is 244 g/mol. The van der Waals surface area contributed by atoms with Crippen LogP contribution in [0, 0.1) is 6.92 Å². The van der Waals surface area contributed by atoms with Gasteiger partial charge in [0, 0.05) is 18.0 Å². The molecule has 96 valence electrons. The van der Waals surface area contributed by atoms with E-state index in [9.17, 15) is 0 Å². The highest BCUT2D eigenvalue weighted by Gasteiger charge is 2.07. The van der Waals surface area contributed by atoms with Crippen molar-refractivity contribution >= 4 is 11.3 Å². The summed E-state index contributed by atoms with van der Waals surface area (Å²) in [6, 6.07) is 8.39. The summed E-state index contributed by atoms with van der Waals surface area (Å²) >= 11 is 1.69. The van der Waals surface area contributed by atoms with Gasteiger partial charge in [0.05, 0.1) is 17.8 Å². The molecule has 0 saturated carbocycles. The summed E-state index contributed by atoms with van der Waals surface area (Å²) in [7, 11) is 1.68. The number of ether oxygens (including phenoxy) is 1. The summed E-state index contributed by atoms with van der Waals surface area (Å²) in [4.78, 5) is 4.49. The number of rotatable bonds is 5. The van der Waals surface area contributed by atoms with Crippen LogP contribution in [0.25, 0.3) is 0 Å². The van der Waals surface area contributed by atoms with Crippen molar-refractivity contribution in [3.8, 4) is 5.75 Å². The van der Waals surface area contributed by atoms with Gasteiger partial charge >= 0.3 is 0 Å². The fraction of sp³-hybridized carbons (Fsp3) is 0.357. The second kappa shape index (κ2) is 5.98. The van der Waals surface area contributed by atoms with Crippen LogP contribution < -0.4 is 10.1 Å². The van der Waals surface area contributed by atoms with Crippen molar-refractivity contribution in [3.05, 3.63) is 45.9 Å². The first-order valence-corrected chi connectivity index (χ1v) is 6.85. The molecule has 0 amide bonds. The lowest BCUT2D eigenvalue weighted by atomic mass is 10.2. The van der Waals surface area contributed by atoms with Gasteiger partial charge in [0.15, 0.2) is 0 Å². The molecule has 2 rings (SSSR count). The maximum atomic E-state index is 5.14. The van der Waals surface area contributed by atoms with E-state index in [1.165, 1.54) is 5.56 Å². The van der Waals surface area contributed by atoms with Crippen molar-refractivity contribution < 1.29 is 4.74 Å². The molecule has 1 heterocycles. The molecule has 4 heteroatoms. The van der Waals surface area contributed by atoms with Crippen LogP contribution in [0.1, 0.15) is 29.2 Å². The van der Waals surface area contributed by atoms with Crippen LogP contribution in [0.15, 0.2) is 29.6 Å². The maximum Gasteiger partial charge on any atom is 0.118 e. The van der Waals surface area contributed by atoms with Gasteiger partial charge in [-0.05, 0) is 31.5 Å². The normalized spacial score (nSPS) is 12.4. The third kappa shape index (κ3) is 3.31. The van der Waals surface area contributed by atoms with Gasteiger partial charge in [-0.2, -0.15) is 0 Å². The van der Waals surface area contributed by atoms with Gasteiger partial charge in [-0.1, -0.05) is 12.1 Å². The second-order valence-electron chi connectivity index (χ2n) is 4.24. The SMILES string of the molecule is COc1ccc(CN[C@H](C)c2csc(C)n2)cc1. The maximum absolute atomic E-state index is 5.14. The van der Waals surface area contributed by atoms with Crippen molar-refractivity contribution in [2.45, 2.75) is 26.4 Å². The molecule has 3 nitrogen and oxygen atoms in total. The fourth-order valence-electron chi connectivity index (χ4n) is 1.70. The first-order chi connectivity index (χ1) is 8.69. The number of nitrogens with zero attached hydrogens (tertiary/aromatic N) is 1. The number of aromatic nitrogens is 1. The monoisotopic (exact) mass is 262 g/mol. The topological polar surface area (TPSA) is 34.1 Å². The minimum atomic E-state index is 0.275. The first kappa shape index (κ1) is 13.1. The van der Waals surface area contributed by atoms with E-state index in [1.807, 2.05) is 19.1 Å². The average Bonchev–Trinajstić information content (AvgIpc) is 2.83. The van der Waals surface area contributed by atoms with Crippen molar-refractivity contribution in [2.24, 2.45) is 0 Å². The highest BCUT2D eigenvalue weighted by molar-refractivity contribution is 7.09. The largest absolute Gasteiger partial charge is 0.497 e. The molecule has 1 N–H and O–H groups in total. The molecule has 1 aromatic heterocycles. The summed E-state index contributed by atoms with van der Waals surface area (Å²) in [5.74, 6) is 0.891. The van der Waals surface area contributed by atoms with Crippen LogP contribution >= 0.6 is 11.3 Å². The minimum Gasteiger partial charge on any atom is -0.497 e. The number of methoxy groups -OCH3 is 1. The number of hydrogen-bond acceptors (Lipinski definition) is 4. The summed E-state index contributed by atoms with van der Waals surface area (Å²) in [5, 5.41) is 6.70. The zero-order valence-electron chi connectivity index (χ0n) is 10.9. The average molecular weight is 262 g/mol. The van der Waals surface area contributed by atoms with Gasteiger partial charge < -0.3 is 10.1 Å². The molecule has 2 aromatic rings. The molecule has 0 saturated heterocycles. The van der Waals surface area contributed by atoms with Gasteiger partial charge in [-0.25, -0.2) is 4.98 Å². The zero-order valence-corrected chi connectivity index (χ0v) is 11.8. The summed E-state index contributed by atoms with van der Waals surface area (Å²) in [5.41, 5.74) is 2.36. The molecule has 0 aliphatic heterocycles. The van der Waals surface area contributed by atoms with Crippen molar-refractivity contribution in [1.29, 1.82) is 0 Å². The standard InChI is InChI=1S/C14H18N2OS/c1-10(14-9-18-11(2)16-14)15-8-12-4-6-13(17-3)7-5-12/h4-7,9-10,15H,8H2,1-3H3/t10-/m1/s1. The van der Waals surface area contributed by atoms with Crippen LogP contribution in [0.2, 0.25) is 0 Å². The third-order valence-electron chi connectivity index (χ3n) is 2.85. The number of thiazole rings is 1. The Kier molecular flexibility index (Phi) is 4.33. The van der Waals surface area contributed by atoms with Crippen molar-refractivity contribution in [2.75, 3.05) is 7.11 Å². The molecule has 1 aromatic carbocycles. The van der Waals surface area contributed by atoms with Crippen LogP contribution in [0.4, 0.5) is 0 Å². The van der Waals surface area contributed by atoms with Gasteiger partial charge in [0.2, 0.25) is 0 Å². The summed E-state index contributed by atoms with van der Waals surface area (Å²) in [6.45, 7) is 5.00. The third-order valence-corrected chi connectivity index (χ3v) is 3.64. The Morgan fingerprint density at radius 3 is 2.61 bits per heavy atom. The molecule has 0 spiro atoms. The number of hydrogen-bond donors (Lipinski definition) is 1. The lowest BCUT2D eigenvalue weighted by Gasteiger charge is -2.11. The van der Waals surface area contributed by atoms with Crippen LogP contribution in [-0.2, 0) is 6.54 Å². The highest BCUT2D eigenvalue weighted by atomic mass is 32.1. The molecule has 0 aliphatic rings. The fourth-order valence-corrected chi connectivity index (χ4v) is 2.40. The van der Waals surface area contributed by atoms with Crippen LogP contribution in [0.3, 0.4) is 0 Å². The van der Waals surface area contributed by atoms with Crippen LogP contribution in [-0.4, -0.2) is 12.1 Å². The van der Waals surface area contributed by atoms with E-state index >= 15 is 0 Å².